The minimum Gasteiger partial charge on any atom is -0.508 e. The van der Waals surface area contributed by atoms with Crippen LogP contribution in [0.15, 0.2) is 35.9 Å². The van der Waals surface area contributed by atoms with Gasteiger partial charge >= 0.3 is 5.97 Å². The number of nitrogens with two attached hydrogens (primary N) is 1. The fraction of sp³-hybridized carbons (Fsp3) is 0.531. The summed E-state index contributed by atoms with van der Waals surface area (Å²) in [6.45, 7) is 2.82. The van der Waals surface area contributed by atoms with Crippen molar-refractivity contribution in [1.29, 1.82) is 0 Å². The molecule has 0 radical (unpaired) electrons. The Morgan fingerprint density at radius 3 is 1.92 bits per heavy atom. The summed E-state index contributed by atoms with van der Waals surface area (Å²) in [6, 6.07) is 4.31. The lowest BCUT2D eigenvalue weighted by atomic mass is 9.90. The van der Waals surface area contributed by atoms with E-state index in [4.69, 9.17) is 38.9 Å². The molecule has 0 saturated carbocycles. The first-order valence-electron chi connectivity index (χ1n) is 15.6. The van der Waals surface area contributed by atoms with Gasteiger partial charge < -0.3 is 79.7 Å². The molecule has 4 rings (SSSR count). The molecule has 0 saturated heterocycles. The maximum absolute atomic E-state index is 13.4. The molecule has 2 aromatic rings. The van der Waals surface area contributed by atoms with Crippen LogP contribution in [-0.4, -0.2) is 137 Å². The molecule has 1 aliphatic heterocycles. The largest absolute Gasteiger partial charge is 0.508 e. The summed E-state index contributed by atoms with van der Waals surface area (Å²) in [5, 5.41) is 81.6. The lowest BCUT2D eigenvalue weighted by Gasteiger charge is -2.39. The highest BCUT2D eigenvalue weighted by Gasteiger charge is 2.46. The second-order valence-electron chi connectivity index (χ2n) is 11.2. The van der Waals surface area contributed by atoms with Crippen molar-refractivity contribution in [3.05, 3.63) is 47.0 Å². The number of ether oxygens (including phenoxy) is 7. The minimum atomic E-state index is -1.56. The van der Waals surface area contributed by atoms with Gasteiger partial charge in [0.25, 0.3) is 0 Å². The normalized spacial score (nSPS) is 23.4. The Morgan fingerprint density at radius 2 is 1.35 bits per heavy atom. The molecule has 1 heterocycles. The highest BCUT2D eigenvalue weighted by atomic mass is 16.6. The predicted octanol–water partition coefficient (Wildman–Crippen LogP) is -0.244. The molecular weight excluding hydrogens is 654 g/mol. The second-order valence-corrected chi connectivity index (χ2v) is 11.2. The fourth-order valence-electron chi connectivity index (χ4n) is 5.23. The monoisotopic (exact) mass is 697 g/mol. The molecule has 2 aromatic carbocycles. The Bertz CT molecular complexity index is 1400. The first kappa shape index (κ1) is 37.9. The van der Waals surface area contributed by atoms with Gasteiger partial charge in [0.15, 0.2) is 29.5 Å². The van der Waals surface area contributed by atoms with E-state index in [1.165, 1.54) is 6.07 Å². The summed E-state index contributed by atoms with van der Waals surface area (Å²) < 4.78 is 39.6. The van der Waals surface area contributed by atoms with Crippen molar-refractivity contribution in [2.45, 2.75) is 43.0 Å². The number of aromatic hydroxyl groups is 5. The van der Waals surface area contributed by atoms with Crippen molar-refractivity contribution in [2.24, 2.45) is 5.73 Å². The highest BCUT2D eigenvalue weighted by Crippen LogP contribution is 2.51. The van der Waals surface area contributed by atoms with E-state index in [9.17, 15) is 45.6 Å². The number of fused-ring (bicyclic) bond motifs is 1. The van der Waals surface area contributed by atoms with Crippen molar-refractivity contribution >= 4 is 5.97 Å². The van der Waals surface area contributed by atoms with Crippen molar-refractivity contribution in [3.63, 3.8) is 0 Å². The molecule has 2 aliphatic rings. The van der Waals surface area contributed by atoms with E-state index >= 15 is 0 Å². The van der Waals surface area contributed by atoms with E-state index in [2.05, 4.69) is 0 Å². The topological polar surface area (TPSA) is 270 Å². The van der Waals surface area contributed by atoms with Gasteiger partial charge in [-0.05, 0) is 18.2 Å². The van der Waals surface area contributed by atoms with E-state index in [-0.39, 0.29) is 61.0 Å². The number of rotatable bonds is 18. The number of hydrogen-bond acceptors (Lipinski definition) is 17. The molecule has 6 atom stereocenters. The number of esters is 1. The summed E-state index contributed by atoms with van der Waals surface area (Å²) >= 11 is 0. The zero-order valence-electron chi connectivity index (χ0n) is 26.6. The Labute approximate surface area is 281 Å². The second kappa shape index (κ2) is 18.2. The van der Waals surface area contributed by atoms with E-state index in [0.717, 1.165) is 24.3 Å². The Kier molecular flexibility index (Phi) is 14.1. The van der Waals surface area contributed by atoms with Crippen molar-refractivity contribution in [2.75, 3.05) is 66.0 Å². The number of hydrogen-bond donors (Lipinski definition) is 9. The van der Waals surface area contributed by atoms with Crippen LogP contribution in [0.1, 0.15) is 29.8 Å². The SMILES string of the molecule is NCCOCCOCCOCCOCCOC1c2c(O)cc(O)cc2OC(c2cc(O)c(O)c(O)c2)C1OC(=O)C1=CC(O)C(O)C(O)C1. The van der Waals surface area contributed by atoms with Crippen LogP contribution in [0.5, 0.6) is 34.5 Å². The number of benzene rings is 2. The maximum atomic E-state index is 13.4. The van der Waals surface area contributed by atoms with Gasteiger partial charge in [0.2, 0.25) is 0 Å². The van der Waals surface area contributed by atoms with Gasteiger partial charge in [-0.2, -0.15) is 0 Å². The van der Waals surface area contributed by atoms with Gasteiger partial charge in [-0.3, -0.25) is 0 Å². The molecule has 1 aliphatic carbocycles. The maximum Gasteiger partial charge on any atom is 0.334 e. The van der Waals surface area contributed by atoms with Crippen LogP contribution in [0.2, 0.25) is 0 Å². The van der Waals surface area contributed by atoms with Gasteiger partial charge in [0, 0.05) is 36.2 Å². The zero-order chi connectivity index (χ0) is 35.5. The van der Waals surface area contributed by atoms with Gasteiger partial charge in [-0.1, -0.05) is 0 Å². The van der Waals surface area contributed by atoms with E-state index in [0.29, 0.717) is 39.6 Å². The van der Waals surface area contributed by atoms with E-state index in [1.54, 1.807) is 0 Å². The summed E-state index contributed by atoms with van der Waals surface area (Å²) in [6.07, 6.45) is -8.06. The third-order valence-electron chi connectivity index (χ3n) is 7.61. The Hall–Kier alpha value is -3.91. The summed E-state index contributed by atoms with van der Waals surface area (Å²) in [7, 11) is 0. The molecule has 0 spiro atoms. The predicted molar refractivity (Wildman–Crippen MR) is 166 cm³/mol. The molecule has 0 fully saturated rings. The van der Waals surface area contributed by atoms with Crippen molar-refractivity contribution in [1.82, 2.24) is 0 Å². The molecule has 0 amide bonds. The van der Waals surface area contributed by atoms with Crippen LogP contribution in [-0.2, 0) is 33.2 Å². The molecule has 0 bridgehead atoms. The van der Waals surface area contributed by atoms with Crippen LogP contribution in [0, 0.1) is 0 Å². The highest BCUT2D eigenvalue weighted by molar-refractivity contribution is 5.89. The Morgan fingerprint density at radius 1 is 0.776 bits per heavy atom. The number of aliphatic hydroxyl groups excluding tert-OH is 3. The molecule has 17 nitrogen and oxygen atoms in total. The minimum absolute atomic E-state index is 0.00117. The molecule has 6 unspecified atom stereocenters. The smallest absolute Gasteiger partial charge is 0.334 e. The average Bonchev–Trinajstić information content (AvgIpc) is 3.06. The van der Waals surface area contributed by atoms with Crippen LogP contribution in [0.4, 0.5) is 0 Å². The summed E-state index contributed by atoms with van der Waals surface area (Å²) in [4.78, 5) is 13.4. The number of carbonyl (C=O) groups excluding carboxylic acids is 1. The third kappa shape index (κ3) is 10.1. The van der Waals surface area contributed by atoms with Gasteiger partial charge in [-0.15, -0.1) is 0 Å². The number of aliphatic hydroxyl groups is 3. The first-order chi connectivity index (χ1) is 23.5. The molecule has 10 N–H and O–H groups in total. The van der Waals surface area contributed by atoms with Gasteiger partial charge in [0.05, 0.1) is 71.1 Å². The lowest BCUT2D eigenvalue weighted by molar-refractivity contribution is -0.171. The van der Waals surface area contributed by atoms with Gasteiger partial charge in [-0.25, -0.2) is 4.79 Å². The van der Waals surface area contributed by atoms with Crippen molar-refractivity contribution in [3.8, 4) is 34.5 Å². The molecule has 49 heavy (non-hydrogen) atoms. The van der Waals surface area contributed by atoms with Crippen molar-refractivity contribution < 1.29 is 78.8 Å². The third-order valence-corrected chi connectivity index (χ3v) is 7.61. The first-order valence-corrected chi connectivity index (χ1v) is 15.6. The molecule has 272 valence electrons. The molecule has 17 heteroatoms. The molecular formula is C32H43NO16. The average molecular weight is 698 g/mol. The van der Waals surface area contributed by atoms with Gasteiger partial charge in [0.1, 0.15) is 35.6 Å². The number of carbonyl (C=O) groups is 1. The summed E-state index contributed by atoms with van der Waals surface area (Å²) in [5.74, 6) is -4.22. The van der Waals surface area contributed by atoms with Crippen LogP contribution in [0.3, 0.4) is 0 Å². The standard InChI is InChI=1S/C32H43NO16/c33-1-2-43-3-4-44-5-6-45-7-8-46-9-10-47-30-26-20(35)15-19(34)16-25(26)48-29(17-11-21(36)27(40)22(37)12-17)31(30)49-32(42)18-13-23(38)28(41)24(39)14-18/h11-13,15-16,23-24,28-31,34-41H,1-10,14,33H2. The number of phenols is 5. The number of phenolic OH excluding ortho intramolecular Hbond substituents is 5. The molecule has 0 aromatic heterocycles. The zero-order valence-corrected chi connectivity index (χ0v) is 26.6. The Balaban J connectivity index is 1.48. The lowest BCUT2D eigenvalue weighted by Crippen LogP contribution is -2.43. The summed E-state index contributed by atoms with van der Waals surface area (Å²) in [5.41, 5.74) is 5.16. The fourth-order valence-corrected chi connectivity index (χ4v) is 5.23. The van der Waals surface area contributed by atoms with Crippen LogP contribution >= 0.6 is 0 Å². The van der Waals surface area contributed by atoms with Crippen LogP contribution in [0.25, 0.3) is 0 Å². The quantitative estimate of drug-likeness (QED) is 0.0552. The van der Waals surface area contributed by atoms with E-state index < -0.39 is 65.6 Å². The van der Waals surface area contributed by atoms with Crippen LogP contribution < -0.4 is 10.5 Å². The van der Waals surface area contributed by atoms with E-state index in [1.807, 2.05) is 0 Å².